The van der Waals surface area contributed by atoms with Crippen molar-refractivity contribution in [2.75, 3.05) is 31.2 Å². The third-order valence-electron chi connectivity index (χ3n) is 4.07. The van der Waals surface area contributed by atoms with Crippen LogP contribution >= 0.6 is 0 Å². The summed E-state index contributed by atoms with van der Waals surface area (Å²) in [6.07, 6.45) is 1.47. The Morgan fingerprint density at radius 1 is 1.43 bits per heavy atom. The summed E-state index contributed by atoms with van der Waals surface area (Å²) < 4.78 is 28.7. The number of ether oxygens (including phenoxy) is 1. The molecule has 1 aromatic rings. The SMILES string of the molecule is CCN(CCCOc1cccc(C(=O)O)c1)C1CCS(=O)(=O)C1. The first-order valence-electron chi connectivity index (χ1n) is 7.82. The molecule has 0 amide bonds. The quantitative estimate of drug-likeness (QED) is 0.724. The molecule has 1 saturated heterocycles. The zero-order valence-corrected chi connectivity index (χ0v) is 14.1. The van der Waals surface area contributed by atoms with Gasteiger partial charge in [0, 0.05) is 12.6 Å². The van der Waals surface area contributed by atoms with Crippen molar-refractivity contribution in [3.63, 3.8) is 0 Å². The Labute approximate surface area is 137 Å². The molecule has 1 atom stereocenters. The first-order valence-corrected chi connectivity index (χ1v) is 9.64. The molecule has 1 unspecified atom stereocenters. The van der Waals surface area contributed by atoms with Crippen molar-refractivity contribution in [3.05, 3.63) is 29.8 Å². The molecule has 1 aromatic carbocycles. The summed E-state index contributed by atoms with van der Waals surface area (Å²) in [5.74, 6) is 0.0982. The van der Waals surface area contributed by atoms with E-state index in [4.69, 9.17) is 9.84 Å². The minimum absolute atomic E-state index is 0.111. The highest BCUT2D eigenvalue weighted by atomic mass is 32.2. The van der Waals surface area contributed by atoms with E-state index in [1.807, 2.05) is 6.92 Å². The van der Waals surface area contributed by atoms with Gasteiger partial charge in [-0.15, -0.1) is 0 Å². The fourth-order valence-corrected chi connectivity index (χ4v) is 4.60. The number of carboxylic acid groups (broad SMARTS) is 1. The monoisotopic (exact) mass is 341 g/mol. The summed E-state index contributed by atoms with van der Waals surface area (Å²) in [6.45, 7) is 4.09. The minimum Gasteiger partial charge on any atom is -0.494 e. The maximum Gasteiger partial charge on any atom is 0.335 e. The van der Waals surface area contributed by atoms with Crippen molar-refractivity contribution >= 4 is 15.8 Å². The maximum absolute atomic E-state index is 11.6. The lowest BCUT2D eigenvalue weighted by molar-refractivity contribution is 0.0696. The molecule has 1 aliphatic heterocycles. The fourth-order valence-electron chi connectivity index (χ4n) is 2.84. The summed E-state index contributed by atoms with van der Waals surface area (Å²) in [4.78, 5) is 13.1. The highest BCUT2D eigenvalue weighted by Crippen LogP contribution is 2.18. The number of benzene rings is 1. The maximum atomic E-state index is 11.6. The molecular formula is C16H23NO5S. The second-order valence-corrected chi connectivity index (χ2v) is 7.95. The summed E-state index contributed by atoms with van der Waals surface area (Å²) in [6, 6.07) is 6.52. The number of hydrogen-bond donors (Lipinski definition) is 1. The number of aromatic carboxylic acids is 1. The standard InChI is InChI=1S/C16H23NO5S/c1-2-17(14-7-10-23(20,21)12-14)8-4-9-22-15-6-3-5-13(11-15)16(18)19/h3,5-6,11,14H,2,4,7-10,12H2,1H3,(H,18,19). The van der Waals surface area contributed by atoms with Gasteiger partial charge < -0.3 is 9.84 Å². The van der Waals surface area contributed by atoms with Crippen LogP contribution in [-0.4, -0.2) is 61.6 Å². The zero-order chi connectivity index (χ0) is 16.9. The normalized spacial score (nSPS) is 19.8. The van der Waals surface area contributed by atoms with Gasteiger partial charge in [-0.1, -0.05) is 13.0 Å². The molecule has 23 heavy (non-hydrogen) atoms. The van der Waals surface area contributed by atoms with E-state index in [1.54, 1.807) is 12.1 Å². The third-order valence-corrected chi connectivity index (χ3v) is 5.82. The van der Waals surface area contributed by atoms with Crippen LogP contribution in [0.5, 0.6) is 5.75 Å². The van der Waals surface area contributed by atoms with Crippen LogP contribution in [-0.2, 0) is 9.84 Å². The minimum atomic E-state index is -2.87. The Morgan fingerprint density at radius 2 is 2.22 bits per heavy atom. The van der Waals surface area contributed by atoms with Crippen molar-refractivity contribution in [1.29, 1.82) is 0 Å². The molecule has 2 rings (SSSR count). The van der Waals surface area contributed by atoms with Gasteiger partial charge in [-0.3, -0.25) is 4.90 Å². The summed E-state index contributed by atoms with van der Waals surface area (Å²) in [7, 11) is -2.87. The number of carbonyl (C=O) groups is 1. The highest BCUT2D eigenvalue weighted by Gasteiger charge is 2.31. The number of hydrogen-bond acceptors (Lipinski definition) is 5. The van der Waals surface area contributed by atoms with E-state index in [2.05, 4.69) is 4.90 Å². The molecule has 1 fully saturated rings. The molecule has 1 N–H and O–H groups in total. The van der Waals surface area contributed by atoms with E-state index >= 15 is 0 Å². The fraction of sp³-hybridized carbons (Fsp3) is 0.562. The van der Waals surface area contributed by atoms with Crippen LogP contribution in [0.25, 0.3) is 0 Å². The molecule has 0 bridgehead atoms. The Morgan fingerprint density at radius 3 is 2.83 bits per heavy atom. The first kappa shape index (κ1) is 17.7. The Kier molecular flexibility index (Phi) is 6.01. The van der Waals surface area contributed by atoms with Crippen LogP contribution in [0.15, 0.2) is 24.3 Å². The largest absolute Gasteiger partial charge is 0.494 e. The topological polar surface area (TPSA) is 83.9 Å². The van der Waals surface area contributed by atoms with Gasteiger partial charge in [0.2, 0.25) is 0 Å². The van der Waals surface area contributed by atoms with Gasteiger partial charge in [-0.25, -0.2) is 13.2 Å². The van der Waals surface area contributed by atoms with Crippen molar-refractivity contribution in [2.24, 2.45) is 0 Å². The molecule has 6 nitrogen and oxygen atoms in total. The molecule has 0 aromatic heterocycles. The second kappa shape index (κ2) is 7.79. The van der Waals surface area contributed by atoms with Crippen LogP contribution in [0.2, 0.25) is 0 Å². The van der Waals surface area contributed by atoms with Crippen molar-refractivity contribution < 1.29 is 23.1 Å². The predicted octanol–water partition coefficient (Wildman–Crippen LogP) is 1.66. The van der Waals surface area contributed by atoms with E-state index in [1.165, 1.54) is 12.1 Å². The van der Waals surface area contributed by atoms with E-state index in [0.717, 1.165) is 19.5 Å². The van der Waals surface area contributed by atoms with Gasteiger partial charge in [0.1, 0.15) is 5.75 Å². The third kappa shape index (κ3) is 5.21. The average molecular weight is 341 g/mol. The molecular weight excluding hydrogens is 318 g/mol. The Hall–Kier alpha value is -1.60. The Bertz CT molecular complexity index is 644. The first-order chi connectivity index (χ1) is 10.9. The summed E-state index contributed by atoms with van der Waals surface area (Å²) >= 11 is 0. The molecule has 0 aliphatic carbocycles. The van der Waals surface area contributed by atoms with Gasteiger partial charge >= 0.3 is 5.97 Å². The van der Waals surface area contributed by atoms with E-state index in [-0.39, 0.29) is 23.1 Å². The van der Waals surface area contributed by atoms with E-state index in [0.29, 0.717) is 18.8 Å². The molecule has 128 valence electrons. The highest BCUT2D eigenvalue weighted by molar-refractivity contribution is 7.91. The van der Waals surface area contributed by atoms with Crippen molar-refractivity contribution in [2.45, 2.75) is 25.8 Å². The molecule has 0 radical (unpaired) electrons. The molecule has 0 saturated carbocycles. The van der Waals surface area contributed by atoms with Gasteiger partial charge in [-0.05, 0) is 37.6 Å². The number of carboxylic acids is 1. The number of sulfone groups is 1. The Balaban J connectivity index is 1.78. The molecule has 0 spiro atoms. The zero-order valence-electron chi connectivity index (χ0n) is 13.3. The lowest BCUT2D eigenvalue weighted by atomic mass is 10.2. The molecule has 1 aliphatic rings. The van der Waals surface area contributed by atoms with Crippen LogP contribution in [0.4, 0.5) is 0 Å². The van der Waals surface area contributed by atoms with Crippen LogP contribution in [0.3, 0.4) is 0 Å². The molecule has 7 heteroatoms. The van der Waals surface area contributed by atoms with Crippen molar-refractivity contribution in [1.82, 2.24) is 4.90 Å². The van der Waals surface area contributed by atoms with Gasteiger partial charge in [-0.2, -0.15) is 0 Å². The smallest absolute Gasteiger partial charge is 0.335 e. The number of nitrogens with zero attached hydrogens (tertiary/aromatic N) is 1. The lowest BCUT2D eigenvalue weighted by Gasteiger charge is -2.26. The van der Waals surface area contributed by atoms with Crippen molar-refractivity contribution in [3.8, 4) is 5.75 Å². The van der Waals surface area contributed by atoms with Gasteiger partial charge in [0.15, 0.2) is 9.84 Å². The van der Waals surface area contributed by atoms with Crippen LogP contribution < -0.4 is 4.74 Å². The van der Waals surface area contributed by atoms with Gasteiger partial charge in [0.05, 0.1) is 23.7 Å². The average Bonchev–Trinajstić information content (AvgIpc) is 2.87. The lowest BCUT2D eigenvalue weighted by Crippen LogP contribution is -2.37. The predicted molar refractivity (Wildman–Crippen MR) is 87.8 cm³/mol. The number of rotatable bonds is 8. The second-order valence-electron chi connectivity index (χ2n) is 5.72. The van der Waals surface area contributed by atoms with Crippen LogP contribution in [0, 0.1) is 0 Å². The summed E-state index contributed by atoms with van der Waals surface area (Å²) in [5, 5.41) is 8.94. The van der Waals surface area contributed by atoms with E-state index < -0.39 is 15.8 Å². The summed E-state index contributed by atoms with van der Waals surface area (Å²) in [5.41, 5.74) is 0.203. The molecule has 1 heterocycles. The van der Waals surface area contributed by atoms with E-state index in [9.17, 15) is 13.2 Å². The van der Waals surface area contributed by atoms with Crippen LogP contribution in [0.1, 0.15) is 30.1 Å². The van der Waals surface area contributed by atoms with Gasteiger partial charge in [0.25, 0.3) is 0 Å².